The van der Waals surface area contributed by atoms with Crippen molar-refractivity contribution in [3.05, 3.63) is 12.2 Å². The average molecular weight is 154 g/mol. The van der Waals surface area contributed by atoms with Gasteiger partial charge in [-0.15, -0.1) is 0 Å². The molecule has 1 aliphatic rings. The van der Waals surface area contributed by atoms with Gasteiger partial charge in [0, 0.05) is 6.42 Å². The number of carbonyl (C=O) groups excluding carboxylic acids is 1. The Hall–Kier alpha value is -0.790. The monoisotopic (exact) mass is 154 g/mol. The molecule has 0 spiro atoms. The summed E-state index contributed by atoms with van der Waals surface area (Å²) in [7, 11) is 0. The second-order valence-electron chi connectivity index (χ2n) is 2.73. The summed E-state index contributed by atoms with van der Waals surface area (Å²) in [4.78, 5) is 10.9. The molecule has 1 heterocycles. The van der Waals surface area contributed by atoms with E-state index in [9.17, 15) is 4.79 Å². The predicted octanol–water partition coefficient (Wildman–Crippen LogP) is 2.05. The third kappa shape index (κ3) is 3.81. The lowest BCUT2D eigenvalue weighted by Gasteiger charge is -2.04. The summed E-state index contributed by atoms with van der Waals surface area (Å²) in [5, 5.41) is 0. The van der Waals surface area contributed by atoms with Crippen LogP contribution in [0.3, 0.4) is 0 Å². The number of ether oxygens (including phenoxy) is 1. The standard InChI is InChI=1S/C9H14O2/c10-9-7-5-3-1-2-4-6-8-11-9/h1-2H,3-8H2/b2-1-. The maximum Gasteiger partial charge on any atom is 0.305 e. The molecule has 0 saturated heterocycles. The van der Waals surface area contributed by atoms with Crippen molar-refractivity contribution in [2.75, 3.05) is 6.61 Å². The minimum absolute atomic E-state index is 0.0414. The largest absolute Gasteiger partial charge is 0.466 e. The summed E-state index contributed by atoms with van der Waals surface area (Å²) in [6.45, 7) is 0.586. The zero-order valence-corrected chi connectivity index (χ0v) is 6.71. The highest BCUT2D eigenvalue weighted by Gasteiger charge is 2.01. The summed E-state index contributed by atoms with van der Waals surface area (Å²) < 4.78 is 4.95. The third-order valence-electron chi connectivity index (χ3n) is 1.70. The molecule has 0 aromatic heterocycles. The molecule has 0 radical (unpaired) electrons. The van der Waals surface area contributed by atoms with E-state index in [2.05, 4.69) is 12.2 Å². The van der Waals surface area contributed by atoms with E-state index >= 15 is 0 Å². The van der Waals surface area contributed by atoms with Crippen molar-refractivity contribution >= 4 is 5.97 Å². The SMILES string of the molecule is O=C1CCC/C=C\CCCO1. The van der Waals surface area contributed by atoms with Gasteiger partial charge in [-0.05, 0) is 25.7 Å². The molecule has 2 nitrogen and oxygen atoms in total. The maximum absolute atomic E-state index is 10.9. The zero-order chi connectivity index (χ0) is 7.94. The highest BCUT2D eigenvalue weighted by molar-refractivity contribution is 5.69. The molecule has 1 rings (SSSR count). The molecule has 0 amide bonds. The van der Waals surface area contributed by atoms with Gasteiger partial charge >= 0.3 is 5.97 Å². The molecule has 0 aromatic carbocycles. The van der Waals surface area contributed by atoms with Crippen LogP contribution in [0.4, 0.5) is 0 Å². The van der Waals surface area contributed by atoms with Crippen LogP contribution in [0.5, 0.6) is 0 Å². The first-order valence-electron chi connectivity index (χ1n) is 4.20. The topological polar surface area (TPSA) is 26.3 Å². The minimum atomic E-state index is -0.0414. The van der Waals surface area contributed by atoms with Crippen molar-refractivity contribution in [1.29, 1.82) is 0 Å². The van der Waals surface area contributed by atoms with Gasteiger partial charge in [0.25, 0.3) is 0 Å². The fraction of sp³-hybridized carbons (Fsp3) is 0.667. The third-order valence-corrected chi connectivity index (χ3v) is 1.70. The van der Waals surface area contributed by atoms with Crippen molar-refractivity contribution in [2.45, 2.75) is 32.1 Å². The second kappa shape index (κ2) is 4.94. The summed E-state index contributed by atoms with van der Waals surface area (Å²) in [5.74, 6) is -0.0414. The Bertz CT molecular complexity index is 150. The summed E-state index contributed by atoms with van der Waals surface area (Å²) in [6, 6.07) is 0. The fourth-order valence-electron chi connectivity index (χ4n) is 1.06. The van der Waals surface area contributed by atoms with E-state index in [1.165, 1.54) is 0 Å². The van der Waals surface area contributed by atoms with Crippen LogP contribution in [-0.2, 0) is 9.53 Å². The molecule has 0 aliphatic carbocycles. The molecular weight excluding hydrogens is 140 g/mol. The molecule has 0 bridgehead atoms. The van der Waals surface area contributed by atoms with Crippen molar-refractivity contribution in [1.82, 2.24) is 0 Å². The average Bonchev–Trinajstić information content (AvgIpc) is 2.03. The van der Waals surface area contributed by atoms with Crippen molar-refractivity contribution in [3.63, 3.8) is 0 Å². The Morgan fingerprint density at radius 1 is 1.18 bits per heavy atom. The van der Waals surface area contributed by atoms with Crippen LogP contribution in [-0.4, -0.2) is 12.6 Å². The fourth-order valence-corrected chi connectivity index (χ4v) is 1.06. The molecule has 0 N–H and O–H groups in total. The summed E-state index contributed by atoms with van der Waals surface area (Å²) in [5.41, 5.74) is 0. The van der Waals surface area contributed by atoms with Gasteiger partial charge in [0.15, 0.2) is 0 Å². The van der Waals surface area contributed by atoms with E-state index in [1.807, 2.05) is 0 Å². The van der Waals surface area contributed by atoms with Gasteiger partial charge in [0.1, 0.15) is 0 Å². The normalized spacial score (nSPS) is 23.8. The Kier molecular flexibility index (Phi) is 3.73. The van der Waals surface area contributed by atoms with Gasteiger partial charge in [-0.1, -0.05) is 12.2 Å². The lowest BCUT2D eigenvalue weighted by molar-refractivity contribution is -0.143. The lowest BCUT2D eigenvalue weighted by Crippen LogP contribution is -2.05. The Morgan fingerprint density at radius 2 is 1.91 bits per heavy atom. The molecule has 0 atom stereocenters. The molecule has 0 unspecified atom stereocenters. The number of hydrogen-bond acceptors (Lipinski definition) is 2. The smallest absolute Gasteiger partial charge is 0.305 e. The van der Waals surface area contributed by atoms with Gasteiger partial charge in [-0.2, -0.15) is 0 Å². The quantitative estimate of drug-likeness (QED) is 0.394. The van der Waals surface area contributed by atoms with Crippen LogP contribution >= 0.6 is 0 Å². The molecule has 0 aromatic rings. The molecule has 1 aliphatic heterocycles. The molecule has 11 heavy (non-hydrogen) atoms. The van der Waals surface area contributed by atoms with Crippen LogP contribution in [0.25, 0.3) is 0 Å². The van der Waals surface area contributed by atoms with Gasteiger partial charge in [-0.25, -0.2) is 0 Å². The number of rotatable bonds is 0. The van der Waals surface area contributed by atoms with Crippen molar-refractivity contribution in [2.24, 2.45) is 0 Å². The zero-order valence-electron chi connectivity index (χ0n) is 6.71. The molecular formula is C9H14O2. The maximum atomic E-state index is 10.9. The van der Waals surface area contributed by atoms with E-state index in [4.69, 9.17) is 4.74 Å². The van der Waals surface area contributed by atoms with E-state index in [0.717, 1.165) is 25.7 Å². The Balaban J connectivity index is 2.28. The van der Waals surface area contributed by atoms with Gasteiger partial charge < -0.3 is 4.74 Å². The van der Waals surface area contributed by atoms with Crippen LogP contribution in [0.2, 0.25) is 0 Å². The number of cyclic esters (lactones) is 1. The van der Waals surface area contributed by atoms with E-state index in [0.29, 0.717) is 13.0 Å². The molecule has 0 fully saturated rings. The highest BCUT2D eigenvalue weighted by Crippen LogP contribution is 2.03. The van der Waals surface area contributed by atoms with E-state index < -0.39 is 0 Å². The minimum Gasteiger partial charge on any atom is -0.466 e. The summed E-state index contributed by atoms with van der Waals surface area (Å²) in [6.07, 6.45) is 8.82. The second-order valence-corrected chi connectivity index (χ2v) is 2.73. The predicted molar refractivity (Wildman–Crippen MR) is 43.2 cm³/mol. The van der Waals surface area contributed by atoms with Crippen LogP contribution < -0.4 is 0 Å². The number of esters is 1. The molecule has 62 valence electrons. The first kappa shape index (κ1) is 8.31. The lowest BCUT2D eigenvalue weighted by atomic mass is 10.2. The van der Waals surface area contributed by atoms with Crippen LogP contribution in [0.1, 0.15) is 32.1 Å². The Labute approximate surface area is 67.2 Å². The summed E-state index contributed by atoms with van der Waals surface area (Å²) >= 11 is 0. The van der Waals surface area contributed by atoms with Crippen molar-refractivity contribution < 1.29 is 9.53 Å². The van der Waals surface area contributed by atoms with Gasteiger partial charge in [0.2, 0.25) is 0 Å². The number of allylic oxidation sites excluding steroid dienone is 2. The van der Waals surface area contributed by atoms with Crippen LogP contribution in [0, 0.1) is 0 Å². The van der Waals surface area contributed by atoms with E-state index in [1.54, 1.807) is 0 Å². The molecule has 2 heteroatoms. The van der Waals surface area contributed by atoms with E-state index in [-0.39, 0.29) is 5.97 Å². The van der Waals surface area contributed by atoms with Gasteiger partial charge in [0.05, 0.1) is 6.61 Å². The van der Waals surface area contributed by atoms with Crippen molar-refractivity contribution in [3.8, 4) is 0 Å². The Morgan fingerprint density at radius 3 is 2.73 bits per heavy atom. The molecule has 0 saturated carbocycles. The number of hydrogen-bond donors (Lipinski definition) is 0. The number of carbonyl (C=O) groups is 1. The van der Waals surface area contributed by atoms with Crippen LogP contribution in [0.15, 0.2) is 12.2 Å². The first-order chi connectivity index (χ1) is 5.39. The highest BCUT2D eigenvalue weighted by atomic mass is 16.5. The first-order valence-corrected chi connectivity index (χ1v) is 4.20. The van der Waals surface area contributed by atoms with Gasteiger partial charge in [-0.3, -0.25) is 4.79 Å².